The highest BCUT2D eigenvalue weighted by molar-refractivity contribution is 7.91. The Morgan fingerprint density at radius 2 is 1.67 bits per heavy atom. The van der Waals surface area contributed by atoms with E-state index in [2.05, 4.69) is 11.9 Å². The Labute approximate surface area is 139 Å². The average Bonchev–Trinajstić information content (AvgIpc) is 2.45. The molecule has 7 nitrogen and oxygen atoms in total. The fraction of sp³-hybridized carbons (Fsp3) is 0.250. The Balaban J connectivity index is 2.14. The van der Waals surface area contributed by atoms with Gasteiger partial charge in [0, 0.05) is 25.7 Å². The molecule has 1 fully saturated rings. The van der Waals surface area contributed by atoms with E-state index in [1.807, 2.05) is 0 Å². The third-order valence-electron chi connectivity index (χ3n) is 3.05. The van der Waals surface area contributed by atoms with Gasteiger partial charge < -0.3 is 14.8 Å². The summed E-state index contributed by atoms with van der Waals surface area (Å²) in [5, 5.41) is 2.73. The molecule has 0 spiro atoms. The van der Waals surface area contributed by atoms with Crippen LogP contribution in [0.4, 0.5) is 5.69 Å². The van der Waals surface area contributed by atoms with E-state index in [-0.39, 0.29) is 16.2 Å². The summed E-state index contributed by atoms with van der Waals surface area (Å²) in [6, 6.07) is 5.85. The molecule has 0 amide bonds. The summed E-state index contributed by atoms with van der Waals surface area (Å²) in [4.78, 5) is 23.7. The zero-order valence-corrected chi connectivity index (χ0v) is 14.1. The highest BCUT2D eigenvalue weighted by atomic mass is 32.2. The lowest BCUT2D eigenvalue weighted by Crippen LogP contribution is -2.42. The second-order valence-electron chi connectivity index (χ2n) is 5.48. The normalized spacial score (nSPS) is 16.8. The van der Waals surface area contributed by atoms with Crippen LogP contribution in [0.5, 0.6) is 0 Å². The smallest absolute Gasteiger partial charge is 0.350 e. The van der Waals surface area contributed by atoms with Crippen molar-refractivity contribution in [3.8, 4) is 0 Å². The summed E-state index contributed by atoms with van der Waals surface area (Å²) in [5.41, 5.74) is 0.211. The van der Waals surface area contributed by atoms with Crippen molar-refractivity contribution in [2.45, 2.75) is 24.5 Å². The maximum Gasteiger partial charge on any atom is 0.350 e. The van der Waals surface area contributed by atoms with Crippen LogP contribution in [0.3, 0.4) is 0 Å². The highest BCUT2D eigenvalue weighted by Gasteiger charge is 2.38. The van der Waals surface area contributed by atoms with Gasteiger partial charge in [-0.3, -0.25) is 0 Å². The monoisotopic (exact) mass is 351 g/mol. The van der Waals surface area contributed by atoms with E-state index in [0.717, 1.165) is 6.20 Å². The van der Waals surface area contributed by atoms with Crippen molar-refractivity contribution in [1.29, 1.82) is 0 Å². The predicted octanol–water partition coefficient (Wildman–Crippen LogP) is 1.78. The van der Waals surface area contributed by atoms with E-state index in [9.17, 15) is 18.0 Å². The van der Waals surface area contributed by atoms with Crippen molar-refractivity contribution in [1.82, 2.24) is 0 Å². The van der Waals surface area contributed by atoms with Gasteiger partial charge in [-0.05, 0) is 24.3 Å². The summed E-state index contributed by atoms with van der Waals surface area (Å²) in [6.07, 6.45) is 2.47. The fourth-order valence-corrected chi connectivity index (χ4v) is 3.00. The first kappa shape index (κ1) is 17.7. The van der Waals surface area contributed by atoms with Gasteiger partial charge in [-0.15, -0.1) is 6.58 Å². The number of benzene rings is 1. The number of sulfone groups is 1. The molecule has 1 aromatic carbocycles. The number of nitrogens with one attached hydrogen (secondary N) is 1. The Morgan fingerprint density at radius 1 is 1.12 bits per heavy atom. The van der Waals surface area contributed by atoms with E-state index >= 15 is 0 Å². The molecule has 0 saturated carbocycles. The number of rotatable bonds is 5. The first-order chi connectivity index (χ1) is 11.1. The molecule has 8 heteroatoms. The number of ether oxygens (including phenoxy) is 2. The van der Waals surface area contributed by atoms with Crippen molar-refractivity contribution in [3.63, 3.8) is 0 Å². The third kappa shape index (κ3) is 4.02. The zero-order valence-electron chi connectivity index (χ0n) is 13.2. The van der Waals surface area contributed by atoms with Crippen molar-refractivity contribution in [2.24, 2.45) is 0 Å². The van der Waals surface area contributed by atoms with Crippen LogP contribution in [0.15, 0.2) is 53.6 Å². The summed E-state index contributed by atoms with van der Waals surface area (Å²) >= 11 is 0. The van der Waals surface area contributed by atoms with Crippen molar-refractivity contribution >= 4 is 27.5 Å². The molecule has 0 aromatic heterocycles. The van der Waals surface area contributed by atoms with Gasteiger partial charge in [0.15, 0.2) is 15.4 Å². The Kier molecular flexibility index (Phi) is 4.79. The fourth-order valence-electron chi connectivity index (χ4n) is 1.94. The first-order valence-electron chi connectivity index (χ1n) is 7.02. The molecule has 1 aliphatic rings. The Hall–Kier alpha value is -2.61. The summed E-state index contributed by atoms with van der Waals surface area (Å²) in [6.45, 7) is 6.32. The van der Waals surface area contributed by atoms with Gasteiger partial charge >= 0.3 is 11.9 Å². The molecular weight excluding hydrogens is 334 g/mol. The maximum absolute atomic E-state index is 11.9. The van der Waals surface area contributed by atoms with Crippen LogP contribution in [0, 0.1) is 0 Å². The van der Waals surface area contributed by atoms with E-state index in [1.54, 1.807) is 0 Å². The van der Waals surface area contributed by atoms with Crippen LogP contribution in [-0.2, 0) is 28.9 Å². The van der Waals surface area contributed by atoms with Crippen LogP contribution in [0.1, 0.15) is 13.8 Å². The number of carbonyl (C=O) groups excluding carboxylic acids is 2. The van der Waals surface area contributed by atoms with Crippen molar-refractivity contribution in [2.75, 3.05) is 11.1 Å². The molecule has 0 unspecified atom stereocenters. The molecule has 2 rings (SSSR count). The second-order valence-corrected chi connectivity index (χ2v) is 7.51. The molecule has 1 heterocycles. The van der Waals surface area contributed by atoms with Crippen LogP contribution in [0.2, 0.25) is 0 Å². The van der Waals surface area contributed by atoms with Gasteiger partial charge in [0.25, 0.3) is 5.79 Å². The maximum atomic E-state index is 11.9. The number of carbonyl (C=O) groups is 2. The number of cyclic esters (lactones) is 2. The van der Waals surface area contributed by atoms with Crippen LogP contribution in [0.25, 0.3) is 0 Å². The largest absolute Gasteiger partial charge is 0.419 e. The van der Waals surface area contributed by atoms with E-state index in [4.69, 9.17) is 9.47 Å². The highest BCUT2D eigenvalue weighted by Crippen LogP contribution is 2.23. The molecule has 1 saturated heterocycles. The number of anilines is 1. The Bertz CT molecular complexity index is 783. The minimum atomic E-state index is -3.40. The molecule has 24 heavy (non-hydrogen) atoms. The SMILES string of the molecule is C=CCS(=O)(=O)c1ccc(NC=C2C(=O)OC(C)(C)OC2=O)cc1. The molecule has 1 aromatic rings. The molecular formula is C16H17NO6S. The van der Waals surface area contributed by atoms with E-state index in [0.29, 0.717) is 5.69 Å². The molecule has 0 radical (unpaired) electrons. The topological polar surface area (TPSA) is 98.8 Å². The molecule has 0 aliphatic carbocycles. The number of esters is 2. The van der Waals surface area contributed by atoms with Crippen molar-refractivity contribution < 1.29 is 27.5 Å². The van der Waals surface area contributed by atoms with Crippen LogP contribution < -0.4 is 5.32 Å². The quantitative estimate of drug-likeness (QED) is 0.374. The first-order valence-corrected chi connectivity index (χ1v) is 8.67. The molecule has 0 atom stereocenters. The van der Waals surface area contributed by atoms with Gasteiger partial charge in [-0.25, -0.2) is 18.0 Å². The summed E-state index contributed by atoms with van der Waals surface area (Å²) < 4.78 is 33.7. The van der Waals surface area contributed by atoms with Gasteiger partial charge in [-0.2, -0.15) is 0 Å². The van der Waals surface area contributed by atoms with E-state index < -0.39 is 27.6 Å². The lowest BCUT2D eigenvalue weighted by molar-refractivity contribution is -0.222. The van der Waals surface area contributed by atoms with Crippen molar-refractivity contribution in [3.05, 3.63) is 48.7 Å². The minimum Gasteiger partial charge on any atom is -0.419 e. The molecule has 1 aliphatic heterocycles. The van der Waals surface area contributed by atoms with E-state index in [1.165, 1.54) is 44.2 Å². The summed E-state index contributed by atoms with van der Waals surface area (Å²) in [7, 11) is -3.40. The minimum absolute atomic E-state index is 0.152. The average molecular weight is 351 g/mol. The molecule has 128 valence electrons. The molecule has 0 bridgehead atoms. The third-order valence-corrected chi connectivity index (χ3v) is 4.72. The lowest BCUT2D eigenvalue weighted by atomic mass is 10.2. The van der Waals surface area contributed by atoms with Crippen LogP contribution >= 0.6 is 0 Å². The predicted molar refractivity (Wildman–Crippen MR) is 86.7 cm³/mol. The standard InChI is InChI=1S/C16H17NO6S/c1-4-9-24(20,21)12-7-5-11(6-8-12)17-10-13-14(18)22-16(2,3)23-15(13)19/h4-8,10,17H,1,9H2,2-3H3. The lowest BCUT2D eigenvalue weighted by Gasteiger charge is -2.29. The second kappa shape index (κ2) is 6.48. The number of hydrogen-bond donors (Lipinski definition) is 1. The Morgan fingerprint density at radius 3 is 2.17 bits per heavy atom. The molecule has 1 N–H and O–H groups in total. The van der Waals surface area contributed by atoms with Gasteiger partial charge in [0.1, 0.15) is 0 Å². The summed E-state index contributed by atoms with van der Waals surface area (Å²) in [5.74, 6) is -3.05. The number of hydrogen-bond acceptors (Lipinski definition) is 7. The van der Waals surface area contributed by atoms with Gasteiger partial charge in [0.05, 0.1) is 10.6 Å². The van der Waals surface area contributed by atoms with Gasteiger partial charge in [0.2, 0.25) is 0 Å². The van der Waals surface area contributed by atoms with Gasteiger partial charge in [-0.1, -0.05) is 6.08 Å². The van der Waals surface area contributed by atoms with Crippen LogP contribution in [-0.4, -0.2) is 31.9 Å². The zero-order chi connectivity index (χ0) is 18.0.